The second kappa shape index (κ2) is 3.50. The van der Waals surface area contributed by atoms with Gasteiger partial charge in [0.15, 0.2) is 9.84 Å². The molecule has 0 saturated carbocycles. The van der Waals surface area contributed by atoms with Crippen LogP contribution in [0, 0.1) is 11.3 Å². The highest BCUT2D eigenvalue weighted by molar-refractivity contribution is 7.91. The largest absolute Gasteiger partial charge is 0.323 e. The SMILES string of the molecule is N#CCS(=O)(=O)c1ccc2[nH]c(=O)[nH]c2c1. The van der Waals surface area contributed by atoms with Crippen molar-refractivity contribution in [3.63, 3.8) is 0 Å². The smallest absolute Gasteiger partial charge is 0.306 e. The van der Waals surface area contributed by atoms with Gasteiger partial charge in [-0.1, -0.05) is 0 Å². The summed E-state index contributed by atoms with van der Waals surface area (Å²) in [6.45, 7) is 0. The van der Waals surface area contributed by atoms with E-state index in [4.69, 9.17) is 5.26 Å². The molecule has 1 aromatic carbocycles. The first-order valence-electron chi connectivity index (χ1n) is 4.35. The molecular weight excluding hydrogens is 230 g/mol. The van der Waals surface area contributed by atoms with Gasteiger partial charge in [0, 0.05) is 0 Å². The van der Waals surface area contributed by atoms with Gasteiger partial charge in [0.05, 0.1) is 22.0 Å². The third-order valence-corrected chi connectivity index (χ3v) is 3.58. The molecule has 82 valence electrons. The zero-order valence-electron chi connectivity index (χ0n) is 8.02. The standard InChI is InChI=1S/C9H7N3O3S/c10-3-4-16(14,15)6-1-2-7-8(5-6)12-9(13)11-7/h1-2,5H,4H2,(H2,11,12,13). The van der Waals surface area contributed by atoms with E-state index in [1.807, 2.05) is 0 Å². The Hall–Kier alpha value is -2.07. The number of sulfone groups is 1. The van der Waals surface area contributed by atoms with E-state index < -0.39 is 21.3 Å². The Kier molecular flexibility index (Phi) is 2.29. The first kappa shape index (κ1) is 10.4. The Labute approximate surface area is 90.5 Å². The van der Waals surface area contributed by atoms with Crippen molar-refractivity contribution < 1.29 is 8.42 Å². The van der Waals surface area contributed by atoms with Gasteiger partial charge in [-0.25, -0.2) is 13.2 Å². The maximum atomic E-state index is 11.6. The predicted octanol–water partition coefficient (Wildman–Crippen LogP) is 0.153. The molecule has 0 unspecified atom stereocenters. The third-order valence-electron chi connectivity index (χ3n) is 2.10. The summed E-state index contributed by atoms with van der Waals surface area (Å²) in [5.41, 5.74) is 0.537. The van der Waals surface area contributed by atoms with Gasteiger partial charge in [0.1, 0.15) is 5.75 Å². The lowest BCUT2D eigenvalue weighted by molar-refractivity contribution is 0.599. The summed E-state index contributed by atoms with van der Waals surface area (Å²) in [5.74, 6) is -0.576. The molecule has 2 aromatic rings. The Morgan fingerprint density at radius 2 is 1.94 bits per heavy atom. The molecule has 2 N–H and O–H groups in total. The van der Waals surface area contributed by atoms with E-state index in [2.05, 4.69) is 9.97 Å². The van der Waals surface area contributed by atoms with Crippen LogP contribution in [-0.2, 0) is 9.84 Å². The normalized spacial score (nSPS) is 11.4. The van der Waals surface area contributed by atoms with Gasteiger partial charge >= 0.3 is 5.69 Å². The van der Waals surface area contributed by atoms with Crippen molar-refractivity contribution in [2.75, 3.05) is 5.75 Å². The Morgan fingerprint density at radius 1 is 1.25 bits per heavy atom. The molecule has 0 saturated heterocycles. The van der Waals surface area contributed by atoms with Gasteiger partial charge in [0.2, 0.25) is 0 Å². The van der Waals surface area contributed by atoms with Gasteiger partial charge < -0.3 is 9.97 Å². The number of hydrogen-bond acceptors (Lipinski definition) is 4. The van der Waals surface area contributed by atoms with Crippen molar-refractivity contribution >= 4 is 20.9 Å². The van der Waals surface area contributed by atoms with Crippen molar-refractivity contribution in [3.05, 3.63) is 28.7 Å². The molecule has 7 heteroatoms. The Morgan fingerprint density at radius 3 is 2.62 bits per heavy atom. The fraction of sp³-hybridized carbons (Fsp3) is 0.111. The average Bonchev–Trinajstić information content (AvgIpc) is 2.56. The molecule has 0 amide bonds. The highest BCUT2D eigenvalue weighted by atomic mass is 32.2. The Balaban J connectivity index is 2.64. The summed E-state index contributed by atoms with van der Waals surface area (Å²) in [5, 5.41) is 8.39. The summed E-state index contributed by atoms with van der Waals surface area (Å²) in [4.78, 5) is 15.9. The number of fused-ring (bicyclic) bond motifs is 1. The topological polar surface area (TPSA) is 107 Å². The van der Waals surface area contributed by atoms with Gasteiger partial charge in [-0.05, 0) is 18.2 Å². The number of nitrogens with zero attached hydrogens (tertiary/aromatic N) is 1. The molecule has 16 heavy (non-hydrogen) atoms. The van der Waals surface area contributed by atoms with E-state index in [1.54, 1.807) is 6.07 Å². The molecule has 0 aliphatic rings. The molecule has 1 aromatic heterocycles. The van der Waals surface area contributed by atoms with E-state index in [0.29, 0.717) is 11.0 Å². The fourth-order valence-electron chi connectivity index (χ4n) is 1.37. The van der Waals surface area contributed by atoms with Crippen molar-refractivity contribution in [2.24, 2.45) is 0 Å². The van der Waals surface area contributed by atoms with E-state index in [-0.39, 0.29) is 4.90 Å². The third kappa shape index (κ3) is 1.70. The molecule has 2 rings (SSSR count). The van der Waals surface area contributed by atoms with E-state index >= 15 is 0 Å². The first-order chi connectivity index (χ1) is 7.53. The van der Waals surface area contributed by atoms with Crippen LogP contribution in [-0.4, -0.2) is 24.1 Å². The highest BCUT2D eigenvalue weighted by Crippen LogP contribution is 2.15. The van der Waals surface area contributed by atoms with Crippen LogP contribution in [0.2, 0.25) is 0 Å². The van der Waals surface area contributed by atoms with E-state index in [9.17, 15) is 13.2 Å². The summed E-state index contributed by atoms with van der Waals surface area (Å²) in [7, 11) is -3.59. The zero-order valence-corrected chi connectivity index (χ0v) is 8.84. The molecule has 0 atom stereocenters. The average molecular weight is 237 g/mol. The summed E-state index contributed by atoms with van der Waals surface area (Å²) in [6, 6.07) is 5.77. The Bertz CT molecular complexity index is 733. The minimum atomic E-state index is -3.59. The lowest BCUT2D eigenvalue weighted by Gasteiger charge is -1.99. The maximum Gasteiger partial charge on any atom is 0.323 e. The fourth-order valence-corrected chi connectivity index (χ4v) is 2.28. The maximum absolute atomic E-state index is 11.6. The van der Waals surface area contributed by atoms with E-state index in [1.165, 1.54) is 18.2 Å². The number of aromatic amines is 2. The van der Waals surface area contributed by atoms with Gasteiger partial charge in [-0.2, -0.15) is 5.26 Å². The number of nitriles is 1. The number of benzene rings is 1. The van der Waals surface area contributed by atoms with Crippen molar-refractivity contribution in [1.82, 2.24) is 9.97 Å². The minimum Gasteiger partial charge on any atom is -0.306 e. The number of imidazole rings is 1. The van der Waals surface area contributed by atoms with E-state index in [0.717, 1.165) is 0 Å². The quantitative estimate of drug-likeness (QED) is 0.775. The molecule has 1 heterocycles. The van der Waals surface area contributed by atoms with Crippen LogP contribution in [0.1, 0.15) is 0 Å². The van der Waals surface area contributed by atoms with Crippen LogP contribution in [0.25, 0.3) is 11.0 Å². The molecule has 0 fully saturated rings. The lowest BCUT2D eigenvalue weighted by atomic mass is 10.3. The number of hydrogen-bond donors (Lipinski definition) is 2. The second-order valence-corrected chi connectivity index (χ2v) is 5.19. The zero-order chi connectivity index (χ0) is 11.8. The van der Waals surface area contributed by atoms with Gasteiger partial charge in [-0.15, -0.1) is 0 Å². The van der Waals surface area contributed by atoms with Crippen molar-refractivity contribution in [1.29, 1.82) is 5.26 Å². The van der Waals surface area contributed by atoms with Crippen molar-refractivity contribution in [3.8, 4) is 6.07 Å². The van der Waals surface area contributed by atoms with Gasteiger partial charge in [-0.3, -0.25) is 0 Å². The van der Waals surface area contributed by atoms with Crippen LogP contribution < -0.4 is 5.69 Å². The molecule has 0 aliphatic heterocycles. The number of aromatic nitrogens is 2. The molecule has 6 nitrogen and oxygen atoms in total. The minimum absolute atomic E-state index is 0.0248. The lowest BCUT2D eigenvalue weighted by Crippen LogP contribution is -2.04. The first-order valence-corrected chi connectivity index (χ1v) is 6.00. The van der Waals surface area contributed by atoms with Crippen LogP contribution in [0.5, 0.6) is 0 Å². The molecular formula is C9H7N3O3S. The van der Waals surface area contributed by atoms with Crippen molar-refractivity contribution in [2.45, 2.75) is 4.90 Å². The molecule has 0 aliphatic carbocycles. The second-order valence-electron chi connectivity index (χ2n) is 3.20. The number of nitrogens with one attached hydrogen (secondary N) is 2. The highest BCUT2D eigenvalue weighted by Gasteiger charge is 2.14. The van der Waals surface area contributed by atoms with Crippen LogP contribution in [0.15, 0.2) is 27.9 Å². The molecule has 0 bridgehead atoms. The summed E-state index contributed by atoms with van der Waals surface area (Å²) < 4.78 is 23.1. The number of rotatable bonds is 2. The predicted molar refractivity (Wildman–Crippen MR) is 56.6 cm³/mol. The van der Waals surface area contributed by atoms with Gasteiger partial charge in [0.25, 0.3) is 0 Å². The van der Waals surface area contributed by atoms with Crippen LogP contribution >= 0.6 is 0 Å². The summed E-state index contributed by atoms with van der Waals surface area (Å²) >= 11 is 0. The van der Waals surface area contributed by atoms with Crippen LogP contribution in [0.4, 0.5) is 0 Å². The van der Waals surface area contributed by atoms with Crippen LogP contribution in [0.3, 0.4) is 0 Å². The molecule has 0 radical (unpaired) electrons. The number of H-pyrrole nitrogens is 2. The molecule has 0 spiro atoms. The monoisotopic (exact) mass is 237 g/mol. The summed E-state index contributed by atoms with van der Waals surface area (Å²) in [6.07, 6.45) is 0.